The largest absolute Gasteiger partial charge is 0.506 e. The Bertz CT molecular complexity index is 878. The second-order valence-corrected chi connectivity index (χ2v) is 6.56. The molecule has 1 fully saturated rings. The van der Waals surface area contributed by atoms with Gasteiger partial charge in [-0.25, -0.2) is 4.98 Å². The lowest BCUT2D eigenvalue weighted by molar-refractivity contribution is -0.137. The minimum atomic E-state index is -4.55. The minimum Gasteiger partial charge on any atom is -0.506 e. The second kappa shape index (κ2) is 5.70. The number of carbonyl (C=O) groups excluding carboxylic acids is 2. The van der Waals surface area contributed by atoms with Crippen LogP contribution in [0.4, 0.5) is 13.2 Å². The molecule has 0 bridgehead atoms. The summed E-state index contributed by atoms with van der Waals surface area (Å²) in [6.07, 6.45) is -3.78. The Morgan fingerprint density at radius 1 is 1.21 bits per heavy atom. The monoisotopic (exact) mass is 355 g/mol. The summed E-state index contributed by atoms with van der Waals surface area (Å²) >= 11 is 0.508. The Labute approximate surface area is 138 Å². The van der Waals surface area contributed by atoms with Crippen molar-refractivity contribution in [3.63, 3.8) is 0 Å². The van der Waals surface area contributed by atoms with Gasteiger partial charge in [0, 0.05) is 18.4 Å². The van der Waals surface area contributed by atoms with Gasteiger partial charge in [-0.3, -0.25) is 9.59 Å². The third-order valence-electron chi connectivity index (χ3n) is 3.91. The zero-order valence-electron chi connectivity index (χ0n) is 12.5. The zero-order chi connectivity index (χ0) is 17.6. The van der Waals surface area contributed by atoms with Crippen LogP contribution in [-0.2, 0) is 15.8 Å². The molecule has 0 atom stereocenters. The number of rotatable bonds is 1. The number of fused-ring (bicyclic) bond motifs is 1. The predicted octanol–water partition coefficient (Wildman–Crippen LogP) is 4.21. The molecule has 1 aromatic heterocycles. The van der Waals surface area contributed by atoms with Crippen molar-refractivity contribution in [2.45, 2.75) is 32.4 Å². The minimum absolute atomic E-state index is 0.104. The first-order valence-corrected chi connectivity index (χ1v) is 7.99. The maximum absolute atomic E-state index is 12.8. The molecule has 126 valence electrons. The van der Waals surface area contributed by atoms with Crippen LogP contribution in [0.5, 0.6) is 0 Å². The van der Waals surface area contributed by atoms with Crippen molar-refractivity contribution in [1.82, 2.24) is 4.98 Å². The Morgan fingerprint density at radius 2 is 1.83 bits per heavy atom. The number of nitrogens with zero attached hydrogens (tertiary/aromatic N) is 1. The third-order valence-corrected chi connectivity index (χ3v) is 4.98. The second-order valence-electron chi connectivity index (χ2n) is 5.53. The summed E-state index contributed by atoms with van der Waals surface area (Å²) in [6, 6.07) is 2.81. The smallest absolute Gasteiger partial charge is 0.443 e. The highest BCUT2D eigenvalue weighted by Gasteiger charge is 2.35. The number of hydrogen-bond acceptors (Lipinski definition) is 5. The van der Waals surface area contributed by atoms with Gasteiger partial charge in [-0.2, -0.15) is 13.2 Å². The molecule has 0 saturated heterocycles. The Balaban J connectivity index is 2.18. The lowest BCUT2D eigenvalue weighted by Crippen LogP contribution is -2.20. The van der Waals surface area contributed by atoms with E-state index < -0.39 is 28.5 Å². The zero-order valence-corrected chi connectivity index (χ0v) is 13.3. The van der Waals surface area contributed by atoms with Crippen LogP contribution in [0.3, 0.4) is 0 Å². The SMILES string of the molecule is Cc1c(C(O)=C2C(=O)CCCC2=O)ccc2sc(C(F)(F)F)nc12. The summed E-state index contributed by atoms with van der Waals surface area (Å²) in [5.74, 6) is -1.37. The van der Waals surface area contributed by atoms with Gasteiger partial charge in [0.25, 0.3) is 0 Å². The Morgan fingerprint density at radius 3 is 2.42 bits per heavy atom. The standard InChI is InChI=1S/C16H12F3NO3S/c1-7-8(14(23)12-9(21)3-2-4-10(12)22)5-6-11-13(7)20-15(24-11)16(17,18)19/h5-6,23H,2-4H2,1H3. The van der Waals surface area contributed by atoms with E-state index in [0.717, 1.165) is 0 Å². The quantitative estimate of drug-likeness (QED) is 0.473. The van der Waals surface area contributed by atoms with Crippen LogP contribution in [0.2, 0.25) is 0 Å². The number of aromatic nitrogens is 1. The van der Waals surface area contributed by atoms with Crippen molar-refractivity contribution < 1.29 is 27.9 Å². The van der Waals surface area contributed by atoms with Crippen LogP contribution in [-0.4, -0.2) is 21.7 Å². The molecule has 1 saturated carbocycles. The van der Waals surface area contributed by atoms with Crippen LogP contribution < -0.4 is 0 Å². The van der Waals surface area contributed by atoms with Crippen molar-refractivity contribution in [2.75, 3.05) is 0 Å². The van der Waals surface area contributed by atoms with E-state index >= 15 is 0 Å². The number of hydrogen-bond donors (Lipinski definition) is 1. The number of benzene rings is 1. The van der Waals surface area contributed by atoms with Gasteiger partial charge in [0.15, 0.2) is 16.6 Å². The van der Waals surface area contributed by atoms with Crippen LogP contribution in [0, 0.1) is 6.92 Å². The van der Waals surface area contributed by atoms with Crippen molar-refractivity contribution in [3.05, 3.63) is 33.8 Å². The number of aryl methyl sites for hydroxylation is 1. The van der Waals surface area contributed by atoms with E-state index in [0.29, 0.717) is 28.0 Å². The maximum Gasteiger partial charge on any atom is 0.443 e. The van der Waals surface area contributed by atoms with Crippen LogP contribution in [0.25, 0.3) is 16.0 Å². The molecular formula is C16H12F3NO3S. The molecule has 1 N–H and O–H groups in total. The molecule has 0 amide bonds. The van der Waals surface area contributed by atoms with E-state index in [1.165, 1.54) is 19.1 Å². The highest BCUT2D eigenvalue weighted by Crippen LogP contribution is 2.38. The highest BCUT2D eigenvalue weighted by atomic mass is 32.1. The number of aliphatic hydroxyl groups excluding tert-OH is 1. The van der Waals surface area contributed by atoms with Crippen LogP contribution in [0.15, 0.2) is 17.7 Å². The lowest BCUT2D eigenvalue weighted by atomic mass is 9.89. The van der Waals surface area contributed by atoms with Gasteiger partial charge in [-0.15, -0.1) is 11.3 Å². The van der Waals surface area contributed by atoms with E-state index in [-0.39, 0.29) is 29.5 Å². The first-order chi connectivity index (χ1) is 11.2. The first-order valence-electron chi connectivity index (χ1n) is 7.17. The van der Waals surface area contributed by atoms with Crippen molar-refractivity contribution in [3.8, 4) is 0 Å². The Hall–Kier alpha value is -2.22. The molecule has 8 heteroatoms. The van der Waals surface area contributed by atoms with Gasteiger partial charge in [-0.05, 0) is 31.0 Å². The summed E-state index contributed by atoms with van der Waals surface area (Å²) in [7, 11) is 0. The van der Waals surface area contributed by atoms with Crippen molar-refractivity contribution >= 4 is 38.9 Å². The molecule has 3 rings (SSSR count). The van der Waals surface area contributed by atoms with Crippen molar-refractivity contribution in [1.29, 1.82) is 0 Å². The highest BCUT2D eigenvalue weighted by molar-refractivity contribution is 7.18. The lowest BCUT2D eigenvalue weighted by Gasteiger charge is -2.15. The van der Waals surface area contributed by atoms with E-state index in [1.807, 2.05) is 0 Å². The van der Waals surface area contributed by atoms with Crippen molar-refractivity contribution in [2.24, 2.45) is 0 Å². The molecule has 0 aliphatic heterocycles. The Kier molecular flexibility index (Phi) is 3.95. The van der Waals surface area contributed by atoms with Crippen LogP contribution in [0.1, 0.15) is 35.4 Å². The fourth-order valence-corrected chi connectivity index (χ4v) is 3.61. The number of allylic oxidation sites excluding steroid dienone is 1. The summed E-state index contributed by atoms with van der Waals surface area (Å²) in [5, 5.41) is 9.41. The number of Topliss-reactive ketones (excluding diaryl/α,β-unsaturated/α-hetero) is 2. The number of ketones is 2. The molecule has 0 spiro atoms. The molecule has 1 aliphatic carbocycles. The molecule has 1 aliphatic rings. The first kappa shape index (κ1) is 16.6. The number of thiazole rings is 1. The predicted molar refractivity (Wildman–Crippen MR) is 82.8 cm³/mol. The summed E-state index contributed by atoms with van der Waals surface area (Å²) in [6.45, 7) is 1.51. The van der Waals surface area contributed by atoms with E-state index in [2.05, 4.69) is 4.98 Å². The van der Waals surface area contributed by atoms with Gasteiger partial charge in [0.2, 0.25) is 0 Å². The molecule has 2 aromatic rings. The topological polar surface area (TPSA) is 67.3 Å². The number of aliphatic hydroxyl groups is 1. The summed E-state index contributed by atoms with van der Waals surface area (Å²) in [5.41, 5.74) is 0.290. The summed E-state index contributed by atoms with van der Waals surface area (Å²) < 4.78 is 38.8. The van der Waals surface area contributed by atoms with E-state index in [1.54, 1.807) is 0 Å². The fourth-order valence-electron chi connectivity index (χ4n) is 2.72. The van der Waals surface area contributed by atoms with Gasteiger partial charge in [0.1, 0.15) is 11.3 Å². The maximum atomic E-state index is 12.8. The fraction of sp³-hybridized carbons (Fsp3) is 0.312. The van der Waals surface area contributed by atoms with Gasteiger partial charge >= 0.3 is 6.18 Å². The summed E-state index contributed by atoms with van der Waals surface area (Å²) in [4.78, 5) is 27.5. The van der Waals surface area contributed by atoms with Gasteiger partial charge in [0.05, 0.1) is 10.2 Å². The van der Waals surface area contributed by atoms with E-state index in [4.69, 9.17) is 0 Å². The third kappa shape index (κ3) is 2.71. The molecular weight excluding hydrogens is 343 g/mol. The molecule has 1 heterocycles. The molecule has 1 aromatic carbocycles. The average molecular weight is 355 g/mol. The van der Waals surface area contributed by atoms with Gasteiger partial charge in [-0.1, -0.05) is 0 Å². The average Bonchev–Trinajstić information content (AvgIpc) is 2.92. The van der Waals surface area contributed by atoms with Crippen LogP contribution >= 0.6 is 11.3 Å². The number of carbonyl (C=O) groups is 2. The molecule has 4 nitrogen and oxygen atoms in total. The number of halogens is 3. The number of alkyl halides is 3. The molecule has 0 unspecified atom stereocenters. The molecule has 0 radical (unpaired) electrons. The molecule has 24 heavy (non-hydrogen) atoms. The van der Waals surface area contributed by atoms with Gasteiger partial charge < -0.3 is 5.11 Å². The van der Waals surface area contributed by atoms with E-state index in [9.17, 15) is 27.9 Å². The normalized spacial score (nSPS) is 16.1.